The average molecular weight is 196 g/mol. The molecule has 0 amide bonds. The van der Waals surface area contributed by atoms with E-state index in [1.165, 1.54) is 0 Å². The normalized spacial score (nSPS) is 31.2. The Morgan fingerprint density at radius 1 is 1.71 bits per heavy atom. The van der Waals surface area contributed by atoms with E-state index in [0.717, 1.165) is 17.9 Å². The Morgan fingerprint density at radius 2 is 2.57 bits per heavy atom. The second kappa shape index (κ2) is 4.02. The SMILES string of the molecule is CCO[C@H]1COC2=CC(N)=CCC2N1. The number of fused-ring (bicyclic) bond motifs is 1. The van der Waals surface area contributed by atoms with Gasteiger partial charge in [-0.15, -0.1) is 0 Å². The summed E-state index contributed by atoms with van der Waals surface area (Å²) in [5.74, 6) is 0.931. The Kier molecular flexibility index (Phi) is 2.74. The number of allylic oxidation sites excluding steroid dienone is 1. The van der Waals surface area contributed by atoms with Gasteiger partial charge in [-0.25, -0.2) is 0 Å². The van der Waals surface area contributed by atoms with Gasteiger partial charge in [0.2, 0.25) is 0 Å². The van der Waals surface area contributed by atoms with E-state index in [1.807, 2.05) is 19.1 Å². The second-order valence-electron chi connectivity index (χ2n) is 3.46. The topological polar surface area (TPSA) is 56.5 Å². The summed E-state index contributed by atoms with van der Waals surface area (Å²) in [6.45, 7) is 3.24. The molecule has 1 aliphatic heterocycles. The van der Waals surface area contributed by atoms with Gasteiger partial charge < -0.3 is 15.2 Å². The molecule has 1 fully saturated rings. The minimum absolute atomic E-state index is 0.00914. The van der Waals surface area contributed by atoms with E-state index in [-0.39, 0.29) is 12.3 Å². The zero-order chi connectivity index (χ0) is 9.97. The molecule has 0 bridgehead atoms. The van der Waals surface area contributed by atoms with Crippen molar-refractivity contribution >= 4 is 0 Å². The third-order valence-corrected chi connectivity index (χ3v) is 2.40. The van der Waals surface area contributed by atoms with Gasteiger partial charge in [0, 0.05) is 18.4 Å². The molecular formula is C10H16N2O2. The molecule has 0 aromatic rings. The molecule has 3 N–H and O–H groups in total. The number of nitrogens with two attached hydrogens (primary N) is 1. The summed E-state index contributed by atoms with van der Waals surface area (Å²) in [5.41, 5.74) is 6.47. The minimum Gasteiger partial charge on any atom is -0.492 e. The average Bonchev–Trinajstić information content (AvgIpc) is 2.19. The maximum atomic E-state index is 5.68. The maximum absolute atomic E-state index is 5.68. The Morgan fingerprint density at radius 3 is 3.36 bits per heavy atom. The number of nitrogens with one attached hydrogen (secondary N) is 1. The van der Waals surface area contributed by atoms with Gasteiger partial charge in [0.15, 0.2) is 0 Å². The monoisotopic (exact) mass is 196 g/mol. The highest BCUT2D eigenvalue weighted by molar-refractivity contribution is 5.27. The lowest BCUT2D eigenvalue weighted by atomic mass is 10.0. The van der Waals surface area contributed by atoms with Crippen LogP contribution < -0.4 is 11.1 Å². The zero-order valence-electron chi connectivity index (χ0n) is 8.32. The standard InChI is InChI=1S/C10H16N2O2/c1-2-13-10-6-14-9-5-7(11)3-4-8(9)12-10/h3,5,8,10,12H,2,4,6,11H2,1H3/t8?,10-/m0/s1. The molecule has 78 valence electrons. The van der Waals surface area contributed by atoms with Crippen molar-refractivity contribution < 1.29 is 9.47 Å². The largest absolute Gasteiger partial charge is 0.492 e. The van der Waals surface area contributed by atoms with Crippen LogP contribution in [-0.2, 0) is 9.47 Å². The first-order valence-electron chi connectivity index (χ1n) is 4.97. The van der Waals surface area contributed by atoms with Crippen LogP contribution >= 0.6 is 0 Å². The van der Waals surface area contributed by atoms with Crippen molar-refractivity contribution in [2.24, 2.45) is 5.73 Å². The van der Waals surface area contributed by atoms with Crippen molar-refractivity contribution in [1.29, 1.82) is 0 Å². The summed E-state index contributed by atoms with van der Waals surface area (Å²) < 4.78 is 11.0. The predicted molar refractivity (Wildman–Crippen MR) is 53.3 cm³/mol. The van der Waals surface area contributed by atoms with E-state index < -0.39 is 0 Å². The summed E-state index contributed by atoms with van der Waals surface area (Å²) in [4.78, 5) is 0. The Hall–Kier alpha value is -1.00. The molecule has 0 aromatic carbocycles. The molecule has 1 unspecified atom stereocenters. The van der Waals surface area contributed by atoms with Crippen LogP contribution in [0.4, 0.5) is 0 Å². The van der Waals surface area contributed by atoms with Crippen LogP contribution in [0.15, 0.2) is 23.6 Å². The van der Waals surface area contributed by atoms with Crippen LogP contribution in [0.25, 0.3) is 0 Å². The van der Waals surface area contributed by atoms with Crippen LogP contribution in [0.1, 0.15) is 13.3 Å². The molecule has 1 aliphatic carbocycles. The van der Waals surface area contributed by atoms with E-state index in [9.17, 15) is 0 Å². The quantitative estimate of drug-likeness (QED) is 0.674. The molecule has 1 saturated heterocycles. The van der Waals surface area contributed by atoms with Crippen LogP contribution in [-0.4, -0.2) is 25.5 Å². The van der Waals surface area contributed by atoms with Crippen molar-refractivity contribution in [2.75, 3.05) is 13.2 Å². The van der Waals surface area contributed by atoms with Crippen molar-refractivity contribution in [2.45, 2.75) is 25.6 Å². The third kappa shape index (κ3) is 1.91. The molecule has 0 spiro atoms. The molecule has 2 atom stereocenters. The molecule has 1 heterocycles. The number of morpholine rings is 1. The molecule has 2 aliphatic rings. The van der Waals surface area contributed by atoms with Gasteiger partial charge in [0.05, 0.1) is 6.04 Å². The van der Waals surface area contributed by atoms with Crippen molar-refractivity contribution in [1.82, 2.24) is 5.32 Å². The van der Waals surface area contributed by atoms with Crippen molar-refractivity contribution in [3.63, 3.8) is 0 Å². The molecular weight excluding hydrogens is 180 g/mol. The van der Waals surface area contributed by atoms with Crippen LogP contribution in [0.2, 0.25) is 0 Å². The number of hydrogen-bond acceptors (Lipinski definition) is 4. The fourth-order valence-electron chi connectivity index (χ4n) is 1.73. The molecule has 2 rings (SSSR count). The first kappa shape index (κ1) is 9.55. The Balaban J connectivity index is 1.98. The molecule has 4 nitrogen and oxygen atoms in total. The summed E-state index contributed by atoms with van der Waals surface area (Å²) in [5, 5.41) is 3.36. The summed E-state index contributed by atoms with van der Waals surface area (Å²) >= 11 is 0. The molecule has 4 heteroatoms. The lowest BCUT2D eigenvalue weighted by molar-refractivity contribution is -0.0476. The lowest BCUT2D eigenvalue weighted by Crippen LogP contribution is -2.49. The number of rotatable bonds is 2. The van der Waals surface area contributed by atoms with Gasteiger partial charge in [-0.05, 0) is 13.3 Å². The highest BCUT2D eigenvalue weighted by Crippen LogP contribution is 2.21. The zero-order valence-corrected chi connectivity index (χ0v) is 8.32. The van der Waals surface area contributed by atoms with Crippen LogP contribution in [0.3, 0.4) is 0 Å². The molecule has 0 saturated carbocycles. The second-order valence-corrected chi connectivity index (χ2v) is 3.46. The van der Waals surface area contributed by atoms with Gasteiger partial charge in [0.1, 0.15) is 18.6 Å². The van der Waals surface area contributed by atoms with E-state index in [4.69, 9.17) is 15.2 Å². The highest BCUT2D eigenvalue weighted by atomic mass is 16.5. The minimum atomic E-state index is 0.00914. The number of hydrogen-bond donors (Lipinski definition) is 2. The Bertz CT molecular complexity index is 273. The van der Waals surface area contributed by atoms with Gasteiger partial charge in [0.25, 0.3) is 0 Å². The lowest BCUT2D eigenvalue weighted by Gasteiger charge is -2.34. The van der Waals surface area contributed by atoms with Crippen molar-refractivity contribution in [3.05, 3.63) is 23.6 Å². The fraction of sp³-hybridized carbons (Fsp3) is 0.600. The first-order chi connectivity index (χ1) is 6.79. The summed E-state index contributed by atoms with van der Waals surface area (Å²) in [7, 11) is 0. The maximum Gasteiger partial charge on any atom is 0.143 e. The van der Waals surface area contributed by atoms with E-state index >= 15 is 0 Å². The van der Waals surface area contributed by atoms with Crippen molar-refractivity contribution in [3.8, 4) is 0 Å². The highest BCUT2D eigenvalue weighted by Gasteiger charge is 2.27. The van der Waals surface area contributed by atoms with Crippen LogP contribution in [0.5, 0.6) is 0 Å². The van der Waals surface area contributed by atoms with E-state index in [0.29, 0.717) is 13.2 Å². The predicted octanol–water partition coefficient (Wildman–Crippen LogP) is 0.468. The third-order valence-electron chi connectivity index (χ3n) is 2.40. The smallest absolute Gasteiger partial charge is 0.143 e. The van der Waals surface area contributed by atoms with Gasteiger partial charge >= 0.3 is 0 Å². The Labute approximate surface area is 83.7 Å². The number of ether oxygens (including phenoxy) is 2. The van der Waals surface area contributed by atoms with Gasteiger partial charge in [-0.1, -0.05) is 6.08 Å². The van der Waals surface area contributed by atoms with Gasteiger partial charge in [-0.2, -0.15) is 0 Å². The summed E-state index contributed by atoms with van der Waals surface area (Å²) in [6.07, 6.45) is 4.76. The molecule has 0 radical (unpaired) electrons. The van der Waals surface area contributed by atoms with Crippen LogP contribution in [0, 0.1) is 0 Å². The fourth-order valence-corrected chi connectivity index (χ4v) is 1.73. The van der Waals surface area contributed by atoms with E-state index in [2.05, 4.69) is 5.32 Å². The van der Waals surface area contributed by atoms with E-state index in [1.54, 1.807) is 0 Å². The molecule has 0 aromatic heterocycles. The molecule has 14 heavy (non-hydrogen) atoms. The van der Waals surface area contributed by atoms with Gasteiger partial charge in [-0.3, -0.25) is 5.32 Å². The summed E-state index contributed by atoms with van der Waals surface area (Å²) in [6, 6.07) is 0.229. The first-order valence-corrected chi connectivity index (χ1v) is 4.97.